The molecule has 1 aromatic carbocycles. The van der Waals surface area contributed by atoms with Gasteiger partial charge in [0.1, 0.15) is 12.7 Å². The Labute approximate surface area is 169 Å². The minimum absolute atomic E-state index is 0.284. The van der Waals surface area contributed by atoms with Crippen molar-refractivity contribution in [1.82, 2.24) is 9.80 Å². The Morgan fingerprint density at radius 2 is 1.93 bits per heavy atom. The lowest BCUT2D eigenvalue weighted by molar-refractivity contribution is 0.0406. The zero-order valence-corrected chi connectivity index (χ0v) is 17.4. The van der Waals surface area contributed by atoms with E-state index in [4.69, 9.17) is 14.2 Å². The second kappa shape index (κ2) is 11.0. The van der Waals surface area contributed by atoms with Gasteiger partial charge in [-0.1, -0.05) is 12.5 Å². The first-order chi connectivity index (χ1) is 13.7. The molecule has 6 heteroatoms. The lowest BCUT2D eigenvalue weighted by Gasteiger charge is -2.31. The van der Waals surface area contributed by atoms with Gasteiger partial charge < -0.3 is 24.2 Å². The molecule has 0 aromatic heterocycles. The minimum atomic E-state index is -0.489. The van der Waals surface area contributed by atoms with Crippen LogP contribution in [0.5, 0.6) is 11.5 Å². The molecule has 2 aliphatic rings. The summed E-state index contributed by atoms with van der Waals surface area (Å²) in [5.41, 5.74) is 1.19. The Hall–Kier alpha value is -1.34. The van der Waals surface area contributed by atoms with Crippen molar-refractivity contribution in [1.29, 1.82) is 0 Å². The summed E-state index contributed by atoms with van der Waals surface area (Å²) in [4.78, 5) is 4.72. The first-order valence-corrected chi connectivity index (χ1v) is 10.6. The second-order valence-corrected chi connectivity index (χ2v) is 8.07. The molecule has 158 valence electrons. The van der Waals surface area contributed by atoms with E-state index in [2.05, 4.69) is 22.9 Å². The van der Waals surface area contributed by atoms with Gasteiger partial charge in [-0.15, -0.1) is 0 Å². The molecule has 1 atom stereocenters. The van der Waals surface area contributed by atoms with Crippen LogP contribution < -0.4 is 9.47 Å². The molecule has 0 saturated carbocycles. The van der Waals surface area contributed by atoms with Crippen molar-refractivity contribution in [3.05, 3.63) is 23.8 Å². The number of hydrogen-bond acceptors (Lipinski definition) is 6. The molecule has 2 fully saturated rings. The second-order valence-electron chi connectivity index (χ2n) is 8.07. The molecule has 1 N–H and O–H groups in total. The summed E-state index contributed by atoms with van der Waals surface area (Å²) >= 11 is 0. The number of ether oxygens (including phenoxy) is 3. The summed E-state index contributed by atoms with van der Waals surface area (Å²) in [6.07, 6.45) is 5.43. The van der Waals surface area contributed by atoms with E-state index in [1.54, 1.807) is 7.11 Å². The number of rotatable bonds is 9. The molecule has 0 unspecified atom stereocenters. The average Bonchev–Trinajstić information content (AvgIpc) is 2.73. The van der Waals surface area contributed by atoms with Crippen molar-refractivity contribution in [2.24, 2.45) is 0 Å². The van der Waals surface area contributed by atoms with Gasteiger partial charge in [0.15, 0.2) is 11.5 Å². The Balaban J connectivity index is 1.54. The summed E-state index contributed by atoms with van der Waals surface area (Å²) < 4.78 is 16.9. The van der Waals surface area contributed by atoms with Crippen molar-refractivity contribution < 1.29 is 19.3 Å². The number of likely N-dealkylation sites (tertiary alicyclic amines) is 1. The van der Waals surface area contributed by atoms with Crippen molar-refractivity contribution in [3.8, 4) is 11.5 Å². The van der Waals surface area contributed by atoms with Crippen LogP contribution >= 0.6 is 0 Å². The Morgan fingerprint density at radius 3 is 2.64 bits per heavy atom. The maximum Gasteiger partial charge on any atom is 0.161 e. The number of piperidine rings is 1. The number of aliphatic hydroxyl groups is 1. The number of benzene rings is 1. The fraction of sp³-hybridized carbons (Fsp3) is 0.727. The first-order valence-electron chi connectivity index (χ1n) is 10.6. The number of nitrogens with zero attached hydrogens (tertiary/aromatic N) is 2. The van der Waals surface area contributed by atoms with Crippen LogP contribution in [0.1, 0.15) is 37.7 Å². The Kier molecular flexibility index (Phi) is 8.40. The topological polar surface area (TPSA) is 54.4 Å². The maximum absolute atomic E-state index is 10.4. The van der Waals surface area contributed by atoms with Crippen LogP contribution in [0.15, 0.2) is 18.2 Å². The van der Waals surface area contributed by atoms with Crippen LogP contribution in [0.25, 0.3) is 0 Å². The van der Waals surface area contributed by atoms with E-state index in [1.807, 2.05) is 12.1 Å². The van der Waals surface area contributed by atoms with Gasteiger partial charge >= 0.3 is 0 Å². The third-order valence-electron chi connectivity index (χ3n) is 5.82. The SMILES string of the molecule is COc1ccc(CN(C)C2CCOCC2)cc1OC[C@@H](O)CN1CCCCC1. The van der Waals surface area contributed by atoms with Gasteiger partial charge in [0, 0.05) is 32.3 Å². The number of methoxy groups -OCH3 is 1. The molecule has 2 aliphatic heterocycles. The highest BCUT2D eigenvalue weighted by Gasteiger charge is 2.19. The third-order valence-corrected chi connectivity index (χ3v) is 5.82. The molecular weight excluding hydrogens is 356 g/mol. The highest BCUT2D eigenvalue weighted by Crippen LogP contribution is 2.29. The summed E-state index contributed by atoms with van der Waals surface area (Å²) in [7, 11) is 3.82. The quantitative estimate of drug-likeness (QED) is 0.697. The van der Waals surface area contributed by atoms with Crippen molar-refractivity contribution in [2.75, 3.05) is 53.6 Å². The average molecular weight is 393 g/mol. The van der Waals surface area contributed by atoms with Gasteiger partial charge in [-0.3, -0.25) is 4.90 Å². The van der Waals surface area contributed by atoms with E-state index in [9.17, 15) is 5.11 Å². The van der Waals surface area contributed by atoms with Gasteiger partial charge in [-0.05, 0) is 63.5 Å². The van der Waals surface area contributed by atoms with Crippen LogP contribution in [-0.2, 0) is 11.3 Å². The van der Waals surface area contributed by atoms with E-state index in [0.717, 1.165) is 45.7 Å². The van der Waals surface area contributed by atoms with E-state index in [0.29, 0.717) is 24.1 Å². The molecule has 0 aliphatic carbocycles. The smallest absolute Gasteiger partial charge is 0.161 e. The van der Waals surface area contributed by atoms with Gasteiger partial charge in [-0.2, -0.15) is 0 Å². The zero-order valence-electron chi connectivity index (χ0n) is 17.4. The number of hydrogen-bond donors (Lipinski definition) is 1. The maximum atomic E-state index is 10.4. The molecule has 2 heterocycles. The largest absolute Gasteiger partial charge is 0.493 e. The molecule has 0 radical (unpaired) electrons. The van der Waals surface area contributed by atoms with E-state index in [-0.39, 0.29) is 6.61 Å². The zero-order chi connectivity index (χ0) is 19.8. The van der Waals surface area contributed by atoms with Crippen molar-refractivity contribution >= 4 is 0 Å². The highest BCUT2D eigenvalue weighted by molar-refractivity contribution is 5.43. The Bertz CT molecular complexity index is 586. The van der Waals surface area contributed by atoms with E-state index in [1.165, 1.54) is 24.8 Å². The fourth-order valence-electron chi connectivity index (χ4n) is 4.15. The predicted octanol–water partition coefficient (Wildman–Crippen LogP) is 2.53. The summed E-state index contributed by atoms with van der Waals surface area (Å²) in [5.74, 6) is 1.42. The van der Waals surface area contributed by atoms with Crippen molar-refractivity contribution in [3.63, 3.8) is 0 Å². The fourth-order valence-corrected chi connectivity index (χ4v) is 4.15. The minimum Gasteiger partial charge on any atom is -0.493 e. The molecule has 0 amide bonds. The monoisotopic (exact) mass is 392 g/mol. The first kappa shape index (κ1) is 21.4. The summed E-state index contributed by atoms with van der Waals surface area (Å²) in [6.45, 7) is 5.67. The molecule has 1 aromatic rings. The standard InChI is InChI=1S/C22H36N2O4/c1-23(19-8-12-27-13-9-19)15-18-6-7-21(26-2)22(14-18)28-17-20(25)16-24-10-4-3-5-11-24/h6-7,14,19-20,25H,3-5,8-13,15-17H2,1-2H3/t20-/m0/s1. The third kappa shape index (κ3) is 6.34. The van der Waals surface area contributed by atoms with Crippen LogP contribution in [0.2, 0.25) is 0 Å². The molecule has 0 bridgehead atoms. The molecule has 28 heavy (non-hydrogen) atoms. The Morgan fingerprint density at radius 1 is 1.18 bits per heavy atom. The molecule has 2 saturated heterocycles. The van der Waals surface area contributed by atoms with Crippen LogP contribution in [0.4, 0.5) is 0 Å². The normalized spacial score (nSPS) is 20.3. The van der Waals surface area contributed by atoms with Gasteiger partial charge in [0.2, 0.25) is 0 Å². The lowest BCUT2D eigenvalue weighted by atomic mass is 10.1. The highest BCUT2D eigenvalue weighted by atomic mass is 16.5. The summed E-state index contributed by atoms with van der Waals surface area (Å²) in [6, 6.07) is 6.65. The van der Waals surface area contributed by atoms with Crippen molar-refractivity contribution in [2.45, 2.75) is 50.8 Å². The molecule has 6 nitrogen and oxygen atoms in total. The van der Waals surface area contributed by atoms with Crippen LogP contribution in [0, 0.1) is 0 Å². The summed E-state index contributed by atoms with van der Waals surface area (Å²) in [5, 5.41) is 10.4. The van der Waals surface area contributed by atoms with Gasteiger partial charge in [0.25, 0.3) is 0 Å². The number of β-amino-alcohol motifs (C(OH)–C–C–N with tert-alkyl or cyclic N) is 1. The molecule has 0 spiro atoms. The van der Waals surface area contributed by atoms with E-state index >= 15 is 0 Å². The molecular formula is C22H36N2O4. The van der Waals surface area contributed by atoms with E-state index < -0.39 is 6.10 Å². The van der Waals surface area contributed by atoms with Gasteiger partial charge in [0.05, 0.1) is 7.11 Å². The van der Waals surface area contributed by atoms with Crippen LogP contribution in [-0.4, -0.2) is 80.7 Å². The van der Waals surface area contributed by atoms with Gasteiger partial charge in [-0.25, -0.2) is 0 Å². The lowest BCUT2D eigenvalue weighted by Crippen LogP contribution is -2.38. The van der Waals surface area contributed by atoms with Crippen LogP contribution in [0.3, 0.4) is 0 Å². The molecule has 3 rings (SSSR count). The number of aliphatic hydroxyl groups excluding tert-OH is 1. The predicted molar refractivity (Wildman–Crippen MR) is 110 cm³/mol.